The Morgan fingerprint density at radius 3 is 2.46 bits per heavy atom. The highest BCUT2D eigenvalue weighted by Crippen LogP contribution is 2.21. The first kappa shape index (κ1) is 17.3. The fourth-order valence-electron chi connectivity index (χ4n) is 2.11. The topological polar surface area (TPSA) is 112 Å². The Bertz CT molecular complexity index is 763. The van der Waals surface area contributed by atoms with Gasteiger partial charge in [-0.05, 0) is 37.5 Å². The standard InChI is InChI=1S/C16H16FN3O4/c1-9-19-12(7-4-10-2-5-11(17)6-3-10)15(23)14(20-9)16(24)18-8-13(21)22/h2-3,5-6,23H,4,7-8H2,1H3,(H,18,24)(H,21,22). The van der Waals surface area contributed by atoms with Gasteiger partial charge in [-0.1, -0.05) is 12.1 Å². The zero-order chi connectivity index (χ0) is 17.7. The van der Waals surface area contributed by atoms with E-state index in [2.05, 4.69) is 15.3 Å². The summed E-state index contributed by atoms with van der Waals surface area (Å²) in [5.41, 5.74) is 0.856. The molecule has 0 bridgehead atoms. The largest absolute Gasteiger partial charge is 0.504 e. The molecule has 126 valence electrons. The number of carbonyl (C=O) groups is 2. The molecule has 2 aromatic rings. The molecule has 0 aliphatic rings. The zero-order valence-corrected chi connectivity index (χ0v) is 12.9. The molecule has 1 aromatic heterocycles. The second kappa shape index (κ2) is 7.49. The van der Waals surface area contributed by atoms with E-state index in [1.807, 2.05) is 0 Å². The van der Waals surface area contributed by atoms with E-state index < -0.39 is 18.4 Å². The van der Waals surface area contributed by atoms with E-state index in [1.54, 1.807) is 19.1 Å². The average molecular weight is 333 g/mol. The third-order valence-corrected chi connectivity index (χ3v) is 3.25. The van der Waals surface area contributed by atoms with Crippen LogP contribution in [0.15, 0.2) is 24.3 Å². The molecule has 0 fully saturated rings. The number of halogens is 1. The van der Waals surface area contributed by atoms with Gasteiger partial charge in [0.1, 0.15) is 18.2 Å². The van der Waals surface area contributed by atoms with Crippen LogP contribution in [0.5, 0.6) is 5.75 Å². The minimum atomic E-state index is -1.20. The minimum absolute atomic E-state index is 0.266. The molecule has 0 aliphatic carbocycles. The fraction of sp³-hybridized carbons (Fsp3) is 0.250. The van der Waals surface area contributed by atoms with Crippen molar-refractivity contribution < 1.29 is 24.2 Å². The maximum Gasteiger partial charge on any atom is 0.322 e. The first-order valence-electron chi connectivity index (χ1n) is 7.17. The number of benzene rings is 1. The lowest BCUT2D eigenvalue weighted by Gasteiger charge is -2.10. The van der Waals surface area contributed by atoms with Crippen molar-refractivity contribution in [1.29, 1.82) is 0 Å². The zero-order valence-electron chi connectivity index (χ0n) is 12.9. The van der Waals surface area contributed by atoms with Crippen molar-refractivity contribution in [3.8, 4) is 5.75 Å². The number of aliphatic carboxylic acids is 1. The Morgan fingerprint density at radius 1 is 1.17 bits per heavy atom. The Hall–Kier alpha value is -3.03. The molecule has 0 radical (unpaired) electrons. The number of hydrogen-bond donors (Lipinski definition) is 3. The molecule has 2 rings (SSSR count). The summed E-state index contributed by atoms with van der Waals surface area (Å²) < 4.78 is 12.9. The average Bonchev–Trinajstić information content (AvgIpc) is 2.54. The van der Waals surface area contributed by atoms with Crippen LogP contribution < -0.4 is 5.32 Å². The van der Waals surface area contributed by atoms with E-state index >= 15 is 0 Å². The summed E-state index contributed by atoms with van der Waals surface area (Å²) in [6.07, 6.45) is 0.806. The first-order chi connectivity index (χ1) is 11.4. The van der Waals surface area contributed by atoms with Crippen molar-refractivity contribution in [2.75, 3.05) is 6.54 Å². The van der Waals surface area contributed by atoms with Crippen LogP contribution in [0.25, 0.3) is 0 Å². The van der Waals surface area contributed by atoms with Crippen molar-refractivity contribution in [2.45, 2.75) is 19.8 Å². The highest BCUT2D eigenvalue weighted by molar-refractivity contribution is 5.96. The quantitative estimate of drug-likeness (QED) is 0.733. The number of nitrogens with zero attached hydrogens (tertiary/aromatic N) is 2. The van der Waals surface area contributed by atoms with Crippen molar-refractivity contribution >= 4 is 11.9 Å². The van der Waals surface area contributed by atoms with E-state index in [4.69, 9.17) is 5.11 Å². The molecule has 1 heterocycles. The second-order valence-corrected chi connectivity index (χ2v) is 5.12. The van der Waals surface area contributed by atoms with E-state index in [-0.39, 0.29) is 28.8 Å². The summed E-state index contributed by atoms with van der Waals surface area (Å²) >= 11 is 0. The second-order valence-electron chi connectivity index (χ2n) is 5.12. The van der Waals surface area contributed by atoms with Crippen molar-refractivity contribution in [2.24, 2.45) is 0 Å². The number of hydrogen-bond acceptors (Lipinski definition) is 5. The van der Waals surface area contributed by atoms with Gasteiger partial charge < -0.3 is 15.5 Å². The summed E-state index contributed by atoms with van der Waals surface area (Å²) in [6, 6.07) is 5.93. The number of aryl methyl sites for hydroxylation is 3. The molecular formula is C16H16FN3O4. The Morgan fingerprint density at radius 2 is 1.83 bits per heavy atom. The molecule has 7 nitrogen and oxygen atoms in total. The van der Waals surface area contributed by atoms with E-state index in [9.17, 15) is 19.1 Å². The molecule has 24 heavy (non-hydrogen) atoms. The summed E-state index contributed by atoms with van der Waals surface area (Å²) in [4.78, 5) is 30.4. The Labute approximate surface area is 137 Å². The number of rotatable bonds is 6. The van der Waals surface area contributed by atoms with Crippen LogP contribution in [0.1, 0.15) is 27.6 Å². The van der Waals surface area contributed by atoms with Crippen LogP contribution in [0.4, 0.5) is 4.39 Å². The van der Waals surface area contributed by atoms with Gasteiger partial charge in [0.25, 0.3) is 5.91 Å². The molecule has 3 N–H and O–H groups in total. The van der Waals surface area contributed by atoms with Crippen LogP contribution in [0.3, 0.4) is 0 Å². The van der Waals surface area contributed by atoms with E-state index in [1.165, 1.54) is 12.1 Å². The lowest BCUT2D eigenvalue weighted by Crippen LogP contribution is -2.30. The molecule has 0 spiro atoms. The van der Waals surface area contributed by atoms with Crippen molar-refractivity contribution in [3.63, 3.8) is 0 Å². The summed E-state index contributed by atoms with van der Waals surface area (Å²) in [7, 11) is 0. The summed E-state index contributed by atoms with van der Waals surface area (Å²) in [5.74, 6) is -2.43. The summed E-state index contributed by atoms with van der Waals surface area (Å²) in [6.45, 7) is 0.987. The molecule has 0 unspecified atom stereocenters. The molecular weight excluding hydrogens is 317 g/mol. The maximum absolute atomic E-state index is 12.9. The van der Waals surface area contributed by atoms with Crippen LogP contribution in [-0.2, 0) is 17.6 Å². The number of carbonyl (C=O) groups excluding carboxylic acids is 1. The Kier molecular flexibility index (Phi) is 5.41. The predicted octanol–water partition coefficient (Wildman–Crippen LogP) is 1.23. The summed E-state index contributed by atoms with van der Waals surface area (Å²) in [5, 5.41) is 20.9. The number of aromatic hydroxyl groups is 1. The molecule has 1 amide bonds. The van der Waals surface area contributed by atoms with Gasteiger partial charge in [0.2, 0.25) is 0 Å². The van der Waals surface area contributed by atoms with Gasteiger partial charge >= 0.3 is 5.97 Å². The van der Waals surface area contributed by atoms with Gasteiger partial charge in [-0.3, -0.25) is 9.59 Å². The molecule has 0 saturated carbocycles. The van der Waals surface area contributed by atoms with Gasteiger partial charge in [0.15, 0.2) is 11.4 Å². The highest BCUT2D eigenvalue weighted by atomic mass is 19.1. The van der Waals surface area contributed by atoms with Gasteiger partial charge in [0.05, 0.1) is 5.69 Å². The van der Waals surface area contributed by atoms with Crippen LogP contribution >= 0.6 is 0 Å². The van der Waals surface area contributed by atoms with Gasteiger partial charge in [0, 0.05) is 0 Å². The lowest BCUT2D eigenvalue weighted by molar-refractivity contribution is -0.135. The molecule has 1 aromatic carbocycles. The number of carboxylic acids is 1. The Balaban J connectivity index is 2.16. The molecule has 8 heteroatoms. The van der Waals surface area contributed by atoms with Gasteiger partial charge in [-0.25, -0.2) is 14.4 Å². The minimum Gasteiger partial charge on any atom is -0.504 e. The lowest BCUT2D eigenvalue weighted by atomic mass is 10.1. The SMILES string of the molecule is Cc1nc(CCc2ccc(F)cc2)c(O)c(C(=O)NCC(=O)O)n1. The number of aromatic nitrogens is 2. The van der Waals surface area contributed by atoms with Crippen LogP contribution in [0, 0.1) is 12.7 Å². The van der Waals surface area contributed by atoms with E-state index in [0.717, 1.165) is 5.56 Å². The molecule has 0 aliphatic heterocycles. The normalized spacial score (nSPS) is 10.4. The highest BCUT2D eigenvalue weighted by Gasteiger charge is 2.19. The van der Waals surface area contributed by atoms with Crippen molar-refractivity contribution in [3.05, 3.63) is 52.9 Å². The number of nitrogens with one attached hydrogen (secondary N) is 1. The third-order valence-electron chi connectivity index (χ3n) is 3.25. The van der Waals surface area contributed by atoms with E-state index in [0.29, 0.717) is 12.8 Å². The maximum atomic E-state index is 12.9. The molecule has 0 saturated heterocycles. The smallest absolute Gasteiger partial charge is 0.322 e. The third kappa shape index (κ3) is 4.48. The van der Waals surface area contributed by atoms with Crippen LogP contribution in [-0.4, -0.2) is 38.6 Å². The van der Waals surface area contributed by atoms with Crippen molar-refractivity contribution in [1.82, 2.24) is 15.3 Å². The number of amides is 1. The predicted molar refractivity (Wildman–Crippen MR) is 82.2 cm³/mol. The number of carboxylic acid groups (broad SMARTS) is 1. The van der Waals surface area contributed by atoms with Gasteiger partial charge in [-0.2, -0.15) is 0 Å². The van der Waals surface area contributed by atoms with Gasteiger partial charge in [-0.15, -0.1) is 0 Å². The van der Waals surface area contributed by atoms with Crippen LogP contribution in [0.2, 0.25) is 0 Å². The first-order valence-corrected chi connectivity index (χ1v) is 7.17. The fourth-order valence-corrected chi connectivity index (χ4v) is 2.11. The monoisotopic (exact) mass is 333 g/mol. The molecule has 0 atom stereocenters.